The summed E-state index contributed by atoms with van der Waals surface area (Å²) in [6.45, 7) is 1.41. The number of benzene rings is 1. The second kappa shape index (κ2) is 7.72. The molecular weight excluding hydrogens is 306 g/mol. The minimum Gasteiger partial charge on any atom is -0.594 e. The number of fused-ring (bicyclic) bond motifs is 2. The molecule has 1 aliphatic carbocycles. The van der Waals surface area contributed by atoms with Crippen LogP contribution in [0.25, 0.3) is 11.0 Å². The fourth-order valence-corrected chi connectivity index (χ4v) is 3.23. The first-order chi connectivity index (χ1) is 11.7. The van der Waals surface area contributed by atoms with Crippen molar-refractivity contribution in [1.29, 1.82) is 0 Å². The first kappa shape index (κ1) is 16.9. The van der Waals surface area contributed by atoms with Crippen molar-refractivity contribution < 1.29 is 9.58 Å². The molecule has 7 nitrogen and oxygen atoms in total. The van der Waals surface area contributed by atoms with Crippen LogP contribution in [0.5, 0.6) is 0 Å². The molecular formula is C17H25N5O2. The molecule has 3 rings (SSSR count). The number of anilines is 1. The minimum atomic E-state index is 0.277. The highest BCUT2D eigenvalue weighted by Gasteiger charge is 2.18. The molecule has 0 saturated heterocycles. The Labute approximate surface area is 142 Å². The number of rotatable bonds is 8. The molecule has 0 saturated carbocycles. The monoisotopic (exact) mass is 331 g/mol. The van der Waals surface area contributed by atoms with Gasteiger partial charge in [-0.15, -0.1) is 0 Å². The number of methoxy groups -OCH3 is 1. The zero-order valence-corrected chi connectivity index (χ0v) is 14.3. The third kappa shape index (κ3) is 3.73. The number of aryl methyl sites for hydroxylation is 2. The molecule has 0 amide bonds. The Morgan fingerprint density at radius 1 is 1.33 bits per heavy atom. The molecule has 0 radical (unpaired) electrons. The third-order valence-corrected chi connectivity index (χ3v) is 4.62. The SMILES string of the molecule is CNC(CCCOC)CNc1nc2cc3c(cc2[n+]([O-])n1)CCC3. The van der Waals surface area contributed by atoms with Crippen LogP contribution in [0.3, 0.4) is 0 Å². The molecule has 0 fully saturated rings. The van der Waals surface area contributed by atoms with E-state index in [4.69, 9.17) is 4.74 Å². The number of likely N-dealkylation sites (N-methyl/N-ethyl adjacent to an activating group) is 1. The molecule has 1 aromatic heterocycles. The lowest BCUT2D eigenvalue weighted by atomic mass is 10.1. The quantitative estimate of drug-likeness (QED) is 0.429. The molecule has 1 unspecified atom stereocenters. The van der Waals surface area contributed by atoms with Gasteiger partial charge in [0.05, 0.1) is 5.10 Å². The van der Waals surface area contributed by atoms with Crippen LogP contribution in [0, 0.1) is 5.21 Å². The smallest absolute Gasteiger partial charge is 0.290 e. The summed E-state index contributed by atoms with van der Waals surface area (Å²) in [6.07, 6.45) is 5.22. The number of nitrogens with zero attached hydrogens (tertiary/aromatic N) is 3. The van der Waals surface area contributed by atoms with Gasteiger partial charge >= 0.3 is 0 Å². The molecule has 2 aromatic rings. The van der Waals surface area contributed by atoms with Crippen molar-refractivity contribution in [1.82, 2.24) is 15.4 Å². The largest absolute Gasteiger partial charge is 0.594 e. The van der Waals surface area contributed by atoms with Gasteiger partial charge in [0.25, 0.3) is 11.5 Å². The summed E-state index contributed by atoms with van der Waals surface area (Å²) >= 11 is 0. The normalized spacial score (nSPS) is 14.8. The zero-order valence-electron chi connectivity index (χ0n) is 14.3. The van der Waals surface area contributed by atoms with E-state index >= 15 is 0 Å². The molecule has 7 heteroatoms. The highest BCUT2D eigenvalue weighted by molar-refractivity contribution is 5.74. The van der Waals surface area contributed by atoms with E-state index in [2.05, 4.69) is 20.7 Å². The van der Waals surface area contributed by atoms with Gasteiger partial charge in [-0.1, -0.05) is 0 Å². The maximum absolute atomic E-state index is 12.2. The van der Waals surface area contributed by atoms with Gasteiger partial charge in [0.1, 0.15) is 5.52 Å². The summed E-state index contributed by atoms with van der Waals surface area (Å²) in [6, 6.07) is 4.25. The minimum absolute atomic E-state index is 0.277. The summed E-state index contributed by atoms with van der Waals surface area (Å²) < 4.78 is 5.08. The van der Waals surface area contributed by atoms with Crippen molar-refractivity contribution in [3.63, 3.8) is 0 Å². The van der Waals surface area contributed by atoms with Crippen LogP contribution in [-0.4, -0.2) is 43.4 Å². The predicted octanol–water partition coefficient (Wildman–Crippen LogP) is 1.18. The van der Waals surface area contributed by atoms with Gasteiger partial charge in [-0.2, -0.15) is 0 Å². The third-order valence-electron chi connectivity index (χ3n) is 4.62. The van der Waals surface area contributed by atoms with Gasteiger partial charge < -0.3 is 20.6 Å². The van der Waals surface area contributed by atoms with Crippen LogP contribution in [0.1, 0.15) is 30.4 Å². The summed E-state index contributed by atoms with van der Waals surface area (Å²) in [5.41, 5.74) is 3.82. The molecule has 1 atom stereocenters. The van der Waals surface area contributed by atoms with Gasteiger partial charge in [-0.05, 0) is 61.2 Å². The van der Waals surface area contributed by atoms with Crippen molar-refractivity contribution in [2.75, 3.05) is 32.6 Å². The average Bonchev–Trinajstić information content (AvgIpc) is 3.04. The number of aromatic nitrogens is 3. The maximum atomic E-state index is 12.2. The van der Waals surface area contributed by atoms with Crippen molar-refractivity contribution in [3.8, 4) is 0 Å². The van der Waals surface area contributed by atoms with Crippen LogP contribution >= 0.6 is 0 Å². The summed E-state index contributed by atoms with van der Waals surface area (Å²) in [5.74, 6) is 0.377. The van der Waals surface area contributed by atoms with Crippen LogP contribution in [-0.2, 0) is 17.6 Å². The van der Waals surface area contributed by atoms with E-state index in [0.717, 1.165) is 38.7 Å². The Hall–Kier alpha value is -1.99. The van der Waals surface area contributed by atoms with Crippen LogP contribution < -0.4 is 15.5 Å². The van der Waals surface area contributed by atoms with Crippen molar-refractivity contribution in [3.05, 3.63) is 28.5 Å². The molecule has 24 heavy (non-hydrogen) atoms. The van der Waals surface area contributed by atoms with E-state index in [1.165, 1.54) is 11.1 Å². The second-order valence-electron chi connectivity index (χ2n) is 6.27. The molecule has 0 aliphatic heterocycles. The first-order valence-corrected chi connectivity index (χ1v) is 8.54. The Morgan fingerprint density at radius 2 is 2.12 bits per heavy atom. The number of nitrogens with one attached hydrogen (secondary N) is 2. The summed E-state index contributed by atoms with van der Waals surface area (Å²) in [4.78, 5) is 5.20. The Kier molecular flexibility index (Phi) is 5.42. The highest BCUT2D eigenvalue weighted by atomic mass is 16.5. The van der Waals surface area contributed by atoms with Gasteiger partial charge in [0.15, 0.2) is 0 Å². The van der Waals surface area contributed by atoms with Crippen LogP contribution in [0.4, 0.5) is 5.95 Å². The van der Waals surface area contributed by atoms with E-state index in [-0.39, 0.29) is 6.04 Å². The van der Waals surface area contributed by atoms with Gasteiger partial charge in [-0.3, -0.25) is 0 Å². The van der Waals surface area contributed by atoms with Crippen molar-refractivity contribution >= 4 is 17.0 Å². The van der Waals surface area contributed by atoms with Crippen molar-refractivity contribution in [2.45, 2.75) is 38.1 Å². The topological polar surface area (TPSA) is 86.0 Å². The highest BCUT2D eigenvalue weighted by Crippen LogP contribution is 2.25. The van der Waals surface area contributed by atoms with E-state index < -0.39 is 0 Å². The molecule has 1 aliphatic rings. The Bertz CT molecular complexity index is 707. The Morgan fingerprint density at radius 3 is 2.88 bits per heavy atom. The molecule has 0 bridgehead atoms. The van der Waals surface area contributed by atoms with E-state index in [1.54, 1.807) is 7.11 Å². The van der Waals surface area contributed by atoms with Gasteiger partial charge in [-0.25, -0.2) is 4.98 Å². The predicted molar refractivity (Wildman–Crippen MR) is 93.0 cm³/mol. The Balaban J connectivity index is 1.72. The molecule has 2 N–H and O–H groups in total. The maximum Gasteiger partial charge on any atom is 0.290 e. The zero-order chi connectivity index (χ0) is 16.9. The molecule has 1 aromatic carbocycles. The second-order valence-corrected chi connectivity index (χ2v) is 6.27. The lowest BCUT2D eigenvalue weighted by Gasteiger charge is -2.16. The summed E-state index contributed by atoms with van der Waals surface area (Å²) in [5, 5.41) is 22.7. The molecule has 0 spiro atoms. The van der Waals surface area contributed by atoms with Gasteiger partial charge in [0.2, 0.25) is 0 Å². The lowest BCUT2D eigenvalue weighted by Crippen LogP contribution is -2.37. The van der Waals surface area contributed by atoms with E-state index in [0.29, 0.717) is 28.4 Å². The fourth-order valence-electron chi connectivity index (χ4n) is 3.23. The lowest BCUT2D eigenvalue weighted by molar-refractivity contribution is -0.641. The van der Waals surface area contributed by atoms with Gasteiger partial charge in [0, 0.05) is 32.4 Å². The number of hydrogen-bond acceptors (Lipinski definition) is 6. The molecule has 1 heterocycles. The number of hydrogen-bond donors (Lipinski definition) is 2. The van der Waals surface area contributed by atoms with Crippen molar-refractivity contribution in [2.24, 2.45) is 0 Å². The molecule has 130 valence electrons. The van der Waals surface area contributed by atoms with Crippen LogP contribution in [0.2, 0.25) is 0 Å². The van der Waals surface area contributed by atoms with E-state index in [1.807, 2.05) is 19.2 Å². The van der Waals surface area contributed by atoms with E-state index in [9.17, 15) is 5.21 Å². The average molecular weight is 331 g/mol. The standard InChI is InChI=1S/C17H25N5O2/c1-18-14(7-4-8-24-2)11-19-17-20-15-9-12-5-3-6-13(12)10-16(15)22(23)21-17/h9-10,14,18H,3-8,11H2,1-2H3,(H,19,20,21). The van der Waals surface area contributed by atoms with Crippen LogP contribution in [0.15, 0.2) is 12.1 Å². The fraction of sp³-hybridized carbons (Fsp3) is 0.588. The first-order valence-electron chi connectivity index (χ1n) is 8.54. The number of ether oxygens (including phenoxy) is 1. The summed E-state index contributed by atoms with van der Waals surface area (Å²) in [7, 11) is 3.64.